The SMILES string of the molecule is CC1=Cc2cccc(-c3ccccc3)c2C1C(c1ccccc1)(c1ccccc1)C1c2cc(Cc3ccccc3)ccc2-c2ccc(Cc3ccccc3)cc21. The smallest absolute Gasteiger partial charge is 0.0418 e. The van der Waals surface area contributed by atoms with E-state index in [1.54, 1.807) is 0 Å². The second-order valence-corrected chi connectivity index (χ2v) is 15.7. The quantitative estimate of drug-likeness (QED) is 0.140. The molecular formula is C56H44. The van der Waals surface area contributed by atoms with Crippen LogP contribution in [0.5, 0.6) is 0 Å². The molecule has 0 N–H and O–H groups in total. The Balaban J connectivity index is 1.30. The van der Waals surface area contributed by atoms with Gasteiger partial charge < -0.3 is 0 Å². The molecule has 0 spiro atoms. The Labute approximate surface area is 331 Å². The van der Waals surface area contributed by atoms with Crippen LogP contribution < -0.4 is 0 Å². The minimum Gasteiger partial charge on any atom is -0.0639 e. The lowest BCUT2D eigenvalue weighted by atomic mass is 9.53. The maximum atomic E-state index is 2.56. The highest BCUT2D eigenvalue weighted by molar-refractivity contribution is 5.85. The minimum absolute atomic E-state index is 0.0203. The summed E-state index contributed by atoms with van der Waals surface area (Å²) in [4.78, 5) is 0. The molecule has 0 saturated heterocycles. The lowest BCUT2D eigenvalue weighted by Gasteiger charge is -2.48. The van der Waals surface area contributed by atoms with Crippen LogP contribution in [-0.2, 0) is 18.3 Å². The number of hydrogen-bond donors (Lipinski definition) is 0. The molecule has 0 amide bonds. The summed E-state index contributed by atoms with van der Waals surface area (Å²) in [6.45, 7) is 2.38. The molecule has 10 rings (SSSR count). The van der Waals surface area contributed by atoms with Crippen molar-refractivity contribution in [1.29, 1.82) is 0 Å². The van der Waals surface area contributed by atoms with Gasteiger partial charge >= 0.3 is 0 Å². The number of allylic oxidation sites excluding steroid dienone is 1. The second kappa shape index (κ2) is 14.3. The molecule has 0 aliphatic heterocycles. The van der Waals surface area contributed by atoms with Gasteiger partial charge in [0.15, 0.2) is 0 Å². The van der Waals surface area contributed by atoms with Crippen LogP contribution in [0.2, 0.25) is 0 Å². The summed E-state index contributed by atoms with van der Waals surface area (Å²) in [5.41, 5.74) is 19.7. The summed E-state index contributed by atoms with van der Waals surface area (Å²) in [5, 5.41) is 0. The minimum atomic E-state index is -0.504. The van der Waals surface area contributed by atoms with Gasteiger partial charge in [0, 0.05) is 17.3 Å². The van der Waals surface area contributed by atoms with Gasteiger partial charge in [-0.05, 0) is 97.7 Å². The Kier molecular flexibility index (Phi) is 8.68. The molecule has 0 nitrogen and oxygen atoms in total. The Bertz CT molecular complexity index is 2540. The molecule has 0 aromatic heterocycles. The van der Waals surface area contributed by atoms with Crippen molar-refractivity contribution in [3.63, 3.8) is 0 Å². The Morgan fingerprint density at radius 2 is 0.857 bits per heavy atom. The third kappa shape index (κ3) is 5.76. The average molecular weight is 717 g/mol. The van der Waals surface area contributed by atoms with E-state index in [1.165, 1.54) is 83.5 Å². The number of hydrogen-bond acceptors (Lipinski definition) is 0. The van der Waals surface area contributed by atoms with Crippen molar-refractivity contribution in [3.05, 3.63) is 267 Å². The molecular weight excluding hydrogens is 673 g/mol. The normalized spacial score (nSPS) is 14.5. The van der Waals surface area contributed by atoms with Gasteiger partial charge in [0.05, 0.1) is 0 Å². The van der Waals surface area contributed by atoms with Gasteiger partial charge in [0.1, 0.15) is 0 Å². The molecule has 8 aromatic rings. The van der Waals surface area contributed by atoms with Gasteiger partial charge in [-0.2, -0.15) is 0 Å². The van der Waals surface area contributed by atoms with E-state index >= 15 is 0 Å². The van der Waals surface area contributed by atoms with Crippen molar-refractivity contribution in [3.8, 4) is 22.3 Å². The van der Waals surface area contributed by atoms with Gasteiger partial charge in [0.25, 0.3) is 0 Å². The Hall–Kier alpha value is -6.50. The van der Waals surface area contributed by atoms with Gasteiger partial charge in [-0.1, -0.05) is 218 Å². The molecule has 1 atom stereocenters. The summed E-state index contributed by atoms with van der Waals surface area (Å²) in [7, 11) is 0. The maximum Gasteiger partial charge on any atom is 0.0418 e. The van der Waals surface area contributed by atoms with E-state index < -0.39 is 5.41 Å². The van der Waals surface area contributed by atoms with Gasteiger partial charge in [0.2, 0.25) is 0 Å². The van der Waals surface area contributed by atoms with Crippen LogP contribution in [0.3, 0.4) is 0 Å². The first-order chi connectivity index (χ1) is 27.7. The second-order valence-electron chi connectivity index (χ2n) is 15.7. The molecule has 8 aromatic carbocycles. The predicted molar refractivity (Wildman–Crippen MR) is 234 cm³/mol. The van der Waals surface area contributed by atoms with Gasteiger partial charge in [-0.15, -0.1) is 0 Å². The summed E-state index contributed by atoms with van der Waals surface area (Å²) < 4.78 is 0. The zero-order valence-electron chi connectivity index (χ0n) is 31.8. The van der Waals surface area contributed by atoms with Crippen molar-refractivity contribution >= 4 is 6.08 Å². The molecule has 56 heavy (non-hydrogen) atoms. The van der Waals surface area contributed by atoms with Crippen molar-refractivity contribution in [1.82, 2.24) is 0 Å². The van der Waals surface area contributed by atoms with E-state index in [0.717, 1.165) is 12.8 Å². The molecule has 2 aliphatic carbocycles. The molecule has 2 aliphatic rings. The maximum absolute atomic E-state index is 2.56. The molecule has 0 heteroatoms. The largest absolute Gasteiger partial charge is 0.0639 e. The Morgan fingerprint density at radius 3 is 1.36 bits per heavy atom. The van der Waals surface area contributed by atoms with Crippen molar-refractivity contribution in [2.24, 2.45) is 0 Å². The molecule has 0 heterocycles. The van der Waals surface area contributed by atoms with Gasteiger partial charge in [-0.3, -0.25) is 0 Å². The van der Waals surface area contributed by atoms with E-state index in [4.69, 9.17) is 0 Å². The van der Waals surface area contributed by atoms with Crippen LogP contribution >= 0.6 is 0 Å². The number of rotatable bonds is 9. The van der Waals surface area contributed by atoms with Crippen molar-refractivity contribution < 1.29 is 0 Å². The first-order valence-electron chi connectivity index (χ1n) is 20.0. The van der Waals surface area contributed by atoms with Crippen molar-refractivity contribution in [2.45, 2.75) is 37.0 Å². The average Bonchev–Trinajstić information content (AvgIpc) is 3.77. The fourth-order valence-corrected chi connectivity index (χ4v) is 10.2. The third-order valence-electron chi connectivity index (χ3n) is 12.4. The summed E-state index contributed by atoms with van der Waals surface area (Å²) in [6.07, 6.45) is 4.26. The Morgan fingerprint density at radius 1 is 0.393 bits per heavy atom. The van der Waals surface area contributed by atoms with Crippen LogP contribution in [0, 0.1) is 0 Å². The first-order valence-corrected chi connectivity index (χ1v) is 20.0. The van der Waals surface area contributed by atoms with E-state index in [9.17, 15) is 0 Å². The molecule has 1 unspecified atom stereocenters. The fourth-order valence-electron chi connectivity index (χ4n) is 10.2. The van der Waals surface area contributed by atoms with Crippen LogP contribution in [0.25, 0.3) is 28.3 Å². The zero-order chi connectivity index (χ0) is 37.5. The summed E-state index contributed by atoms with van der Waals surface area (Å²) >= 11 is 0. The summed E-state index contributed by atoms with van der Waals surface area (Å²) in [6, 6.07) is 77.5. The van der Waals surface area contributed by atoms with Crippen molar-refractivity contribution in [2.75, 3.05) is 0 Å². The first kappa shape index (κ1) is 34.0. The van der Waals surface area contributed by atoms with E-state index in [0.29, 0.717) is 0 Å². The number of benzene rings is 8. The van der Waals surface area contributed by atoms with Crippen LogP contribution in [0.15, 0.2) is 212 Å². The highest BCUT2D eigenvalue weighted by Gasteiger charge is 2.55. The monoisotopic (exact) mass is 716 g/mol. The topological polar surface area (TPSA) is 0 Å². The molecule has 268 valence electrons. The van der Waals surface area contributed by atoms with E-state index in [2.05, 4.69) is 219 Å². The summed E-state index contributed by atoms with van der Waals surface area (Å²) in [5.74, 6) is 0.0740. The number of fused-ring (bicyclic) bond motifs is 4. The highest BCUT2D eigenvalue weighted by Crippen LogP contribution is 2.65. The fraction of sp³-hybridized carbons (Fsp3) is 0.107. The van der Waals surface area contributed by atoms with Crippen LogP contribution in [-0.4, -0.2) is 0 Å². The highest BCUT2D eigenvalue weighted by atomic mass is 14.6. The molecule has 0 radical (unpaired) electrons. The third-order valence-corrected chi connectivity index (χ3v) is 12.4. The standard InChI is InChI=1S/C56H44/c1-39-34-45-24-17-29-48(44-22-11-4-12-23-44)53(45)54(39)56(46-25-13-5-14-26-46,47-27-15-6-16-28-47)55-51-37-42(35-40-18-7-2-8-19-40)30-32-49(51)50-33-31-43(38-52(50)55)36-41-20-9-3-10-21-41/h2-34,37-38,54-55H,35-36H2,1H3. The van der Waals surface area contributed by atoms with Crippen LogP contribution in [0.1, 0.15) is 74.4 Å². The van der Waals surface area contributed by atoms with E-state index in [-0.39, 0.29) is 11.8 Å². The molecule has 0 bridgehead atoms. The van der Waals surface area contributed by atoms with Crippen LogP contribution in [0.4, 0.5) is 0 Å². The zero-order valence-corrected chi connectivity index (χ0v) is 31.8. The van der Waals surface area contributed by atoms with Gasteiger partial charge in [-0.25, -0.2) is 0 Å². The lowest BCUT2D eigenvalue weighted by Crippen LogP contribution is -2.41. The lowest BCUT2D eigenvalue weighted by molar-refractivity contribution is 0.405. The predicted octanol–water partition coefficient (Wildman–Crippen LogP) is 13.8. The molecule has 0 saturated carbocycles. The molecule has 0 fully saturated rings. The van der Waals surface area contributed by atoms with E-state index in [1.807, 2.05) is 0 Å².